The molecule has 25 heavy (non-hydrogen) atoms. The van der Waals surface area contributed by atoms with Gasteiger partial charge in [-0.05, 0) is 44.7 Å². The van der Waals surface area contributed by atoms with Crippen LogP contribution in [0.3, 0.4) is 0 Å². The lowest BCUT2D eigenvalue weighted by atomic mass is 10.1. The van der Waals surface area contributed by atoms with Crippen LogP contribution in [0.25, 0.3) is 10.9 Å². The topological polar surface area (TPSA) is 51.5 Å². The molecule has 0 saturated carbocycles. The average molecular weight is 342 g/mol. The summed E-state index contributed by atoms with van der Waals surface area (Å²) in [6.07, 6.45) is 4.63. The van der Waals surface area contributed by atoms with Crippen LogP contribution in [0.4, 0.5) is 0 Å². The molecular formula is C20H26N2O3. The monoisotopic (exact) mass is 342 g/mol. The molecule has 1 aromatic heterocycles. The van der Waals surface area contributed by atoms with Gasteiger partial charge in [-0.15, -0.1) is 0 Å². The Kier molecular flexibility index (Phi) is 5.53. The molecule has 5 heteroatoms. The minimum Gasteiger partial charge on any atom is -0.378 e. The van der Waals surface area contributed by atoms with Crippen molar-refractivity contribution in [2.24, 2.45) is 0 Å². The number of ether oxygens (including phenoxy) is 1. The highest BCUT2D eigenvalue weighted by Crippen LogP contribution is 2.17. The number of amides is 1. The van der Waals surface area contributed by atoms with E-state index in [0.717, 1.165) is 50.0 Å². The molecule has 0 spiro atoms. The summed E-state index contributed by atoms with van der Waals surface area (Å²) in [6, 6.07) is 9.06. The van der Waals surface area contributed by atoms with Crippen LogP contribution in [0.5, 0.6) is 0 Å². The summed E-state index contributed by atoms with van der Waals surface area (Å²) < 4.78 is 7.56. The largest absolute Gasteiger partial charge is 0.378 e. The van der Waals surface area contributed by atoms with Crippen molar-refractivity contribution >= 4 is 16.8 Å². The van der Waals surface area contributed by atoms with E-state index in [2.05, 4.69) is 0 Å². The number of fused-ring (bicyclic) bond motifs is 1. The Bertz CT molecular complexity index is 806. The fourth-order valence-electron chi connectivity index (χ4n) is 3.47. The highest BCUT2D eigenvalue weighted by atomic mass is 16.5. The first-order valence-corrected chi connectivity index (χ1v) is 9.01. The van der Waals surface area contributed by atoms with Crippen molar-refractivity contribution in [2.75, 3.05) is 20.2 Å². The molecule has 2 heterocycles. The third-order valence-corrected chi connectivity index (χ3v) is 4.99. The number of benzene rings is 1. The van der Waals surface area contributed by atoms with Crippen molar-refractivity contribution < 1.29 is 9.53 Å². The molecule has 1 aromatic carbocycles. The van der Waals surface area contributed by atoms with Crippen molar-refractivity contribution in [1.82, 2.24) is 9.47 Å². The van der Waals surface area contributed by atoms with E-state index in [-0.39, 0.29) is 17.9 Å². The Morgan fingerprint density at radius 2 is 2.16 bits per heavy atom. The molecule has 134 valence electrons. The normalized spacial score (nSPS) is 17.1. The smallest absolute Gasteiger partial charge is 0.242 e. The Balaban J connectivity index is 1.66. The number of carbonyl (C=O) groups excluding carboxylic acids is 1. The Morgan fingerprint density at radius 3 is 2.92 bits per heavy atom. The molecule has 5 nitrogen and oxygen atoms in total. The molecule has 1 amide bonds. The average Bonchev–Trinajstić information content (AvgIpc) is 3.11. The van der Waals surface area contributed by atoms with Gasteiger partial charge in [0.05, 0.1) is 11.6 Å². The predicted molar refractivity (Wildman–Crippen MR) is 98.8 cm³/mol. The maximum absolute atomic E-state index is 12.6. The van der Waals surface area contributed by atoms with Gasteiger partial charge >= 0.3 is 0 Å². The molecule has 0 unspecified atom stereocenters. The van der Waals surface area contributed by atoms with E-state index in [0.29, 0.717) is 11.5 Å². The van der Waals surface area contributed by atoms with Crippen molar-refractivity contribution in [3.05, 3.63) is 46.2 Å². The third kappa shape index (κ3) is 4.10. The van der Waals surface area contributed by atoms with E-state index in [4.69, 9.17) is 4.74 Å². The highest BCUT2D eigenvalue weighted by Gasteiger charge is 2.17. The number of aryl methyl sites for hydroxylation is 1. The van der Waals surface area contributed by atoms with Gasteiger partial charge < -0.3 is 14.2 Å². The number of hydrogen-bond acceptors (Lipinski definition) is 3. The van der Waals surface area contributed by atoms with Gasteiger partial charge in [-0.1, -0.05) is 12.1 Å². The van der Waals surface area contributed by atoms with Gasteiger partial charge in [-0.3, -0.25) is 9.59 Å². The summed E-state index contributed by atoms with van der Waals surface area (Å²) in [5.74, 6) is 0.0595. The second-order valence-electron chi connectivity index (χ2n) is 6.85. The second kappa shape index (κ2) is 7.83. The first-order chi connectivity index (χ1) is 12.1. The quantitative estimate of drug-likeness (QED) is 0.811. The van der Waals surface area contributed by atoms with Crippen LogP contribution in [-0.2, 0) is 16.1 Å². The number of carbonyl (C=O) groups is 1. The molecular weight excluding hydrogens is 316 g/mol. The Labute approximate surface area is 148 Å². The van der Waals surface area contributed by atoms with Gasteiger partial charge in [0, 0.05) is 37.3 Å². The number of hydrogen-bond donors (Lipinski definition) is 0. The first-order valence-electron chi connectivity index (χ1n) is 9.01. The van der Waals surface area contributed by atoms with Crippen LogP contribution >= 0.6 is 0 Å². The number of pyridine rings is 1. The third-order valence-electron chi connectivity index (χ3n) is 4.99. The number of likely N-dealkylation sites (N-methyl/N-ethyl adjacent to an activating group) is 1. The molecule has 0 radical (unpaired) electrons. The van der Waals surface area contributed by atoms with Gasteiger partial charge in [0.25, 0.3) is 0 Å². The molecule has 0 bridgehead atoms. The lowest BCUT2D eigenvalue weighted by Crippen LogP contribution is -2.32. The molecule has 1 saturated heterocycles. The van der Waals surface area contributed by atoms with Crippen molar-refractivity contribution in [3.8, 4) is 0 Å². The van der Waals surface area contributed by atoms with Crippen LogP contribution < -0.4 is 5.43 Å². The lowest BCUT2D eigenvalue weighted by Gasteiger charge is -2.21. The molecule has 1 aliphatic heterocycles. The van der Waals surface area contributed by atoms with Crippen LogP contribution in [0.1, 0.15) is 31.4 Å². The van der Waals surface area contributed by atoms with E-state index in [1.54, 1.807) is 11.0 Å². The van der Waals surface area contributed by atoms with E-state index in [1.165, 1.54) is 0 Å². The number of para-hydroxylation sites is 1. The Hall–Kier alpha value is -2.14. The molecule has 0 N–H and O–H groups in total. The van der Waals surface area contributed by atoms with Crippen LogP contribution in [0.15, 0.2) is 35.1 Å². The first kappa shape index (κ1) is 17.7. The fraction of sp³-hybridized carbons (Fsp3) is 0.500. The number of nitrogens with zero attached hydrogens (tertiary/aromatic N) is 2. The van der Waals surface area contributed by atoms with Crippen molar-refractivity contribution in [2.45, 2.75) is 45.3 Å². The minimum absolute atomic E-state index is 0.00159. The van der Waals surface area contributed by atoms with E-state index in [1.807, 2.05) is 42.8 Å². The van der Waals surface area contributed by atoms with E-state index >= 15 is 0 Å². The predicted octanol–water partition coefficient (Wildman–Crippen LogP) is 2.73. The van der Waals surface area contributed by atoms with Gasteiger partial charge in [-0.2, -0.15) is 0 Å². The molecule has 3 rings (SSSR count). The van der Waals surface area contributed by atoms with Gasteiger partial charge in [0.1, 0.15) is 6.54 Å². The van der Waals surface area contributed by atoms with Crippen molar-refractivity contribution in [3.63, 3.8) is 0 Å². The number of aromatic nitrogens is 1. The zero-order chi connectivity index (χ0) is 17.8. The summed E-state index contributed by atoms with van der Waals surface area (Å²) in [7, 11) is 1.85. The van der Waals surface area contributed by atoms with E-state index < -0.39 is 0 Å². The van der Waals surface area contributed by atoms with Gasteiger partial charge in [-0.25, -0.2) is 0 Å². The summed E-state index contributed by atoms with van der Waals surface area (Å²) in [4.78, 5) is 26.5. The summed E-state index contributed by atoms with van der Waals surface area (Å²) >= 11 is 0. The summed E-state index contributed by atoms with van der Waals surface area (Å²) in [5, 5.41) is 0.655. The van der Waals surface area contributed by atoms with Crippen LogP contribution in [-0.4, -0.2) is 41.7 Å². The maximum atomic E-state index is 12.6. The molecule has 1 atom stereocenters. The van der Waals surface area contributed by atoms with E-state index in [9.17, 15) is 9.59 Å². The van der Waals surface area contributed by atoms with Gasteiger partial charge in [0.15, 0.2) is 5.43 Å². The summed E-state index contributed by atoms with van der Waals surface area (Å²) in [6.45, 7) is 3.73. The molecule has 2 aromatic rings. The highest BCUT2D eigenvalue weighted by molar-refractivity contribution is 5.82. The maximum Gasteiger partial charge on any atom is 0.242 e. The minimum atomic E-state index is 0.00159. The molecule has 1 fully saturated rings. The summed E-state index contributed by atoms with van der Waals surface area (Å²) in [5.41, 5.74) is 1.63. The molecule has 0 aliphatic carbocycles. The number of rotatable bonds is 6. The Morgan fingerprint density at radius 1 is 1.36 bits per heavy atom. The van der Waals surface area contributed by atoms with Crippen LogP contribution in [0, 0.1) is 6.92 Å². The molecule has 1 aliphatic rings. The van der Waals surface area contributed by atoms with Gasteiger partial charge in [0.2, 0.25) is 5.91 Å². The zero-order valence-corrected chi connectivity index (χ0v) is 15.0. The SMILES string of the molecule is Cc1cc(=O)c2ccccc2n1CC(=O)N(C)CCC[C@H]1CCCO1. The van der Waals surface area contributed by atoms with Crippen molar-refractivity contribution in [1.29, 1.82) is 0 Å². The van der Waals surface area contributed by atoms with Crippen LogP contribution in [0.2, 0.25) is 0 Å². The fourth-order valence-corrected chi connectivity index (χ4v) is 3.47. The lowest BCUT2D eigenvalue weighted by molar-refractivity contribution is -0.130. The zero-order valence-electron chi connectivity index (χ0n) is 15.0. The standard InChI is InChI=1S/C20H26N2O3/c1-15-13-19(23)17-9-3-4-10-18(17)22(15)14-20(24)21(2)11-5-7-16-8-6-12-25-16/h3-4,9-10,13,16H,5-8,11-12,14H2,1-2H3/t16-/m0/s1. The second-order valence-corrected chi connectivity index (χ2v) is 6.85.